The number of non-ortho nitro benzene ring substituents is 1. The number of aryl methyl sites for hydroxylation is 1. The fraction of sp³-hybridized carbons (Fsp3) is 0.0870. The first-order chi connectivity index (χ1) is 15.4. The molecule has 0 saturated heterocycles. The molecule has 0 aromatic heterocycles. The Bertz CT molecular complexity index is 1120. The molecule has 0 bridgehead atoms. The summed E-state index contributed by atoms with van der Waals surface area (Å²) in [6.07, 6.45) is 1.46. The maximum Gasteiger partial charge on any atom is 0.343 e. The molecule has 9 heteroatoms. The molecular formula is C23H20N4O5. The molecule has 0 spiro atoms. The van der Waals surface area contributed by atoms with Crippen molar-refractivity contribution >= 4 is 29.5 Å². The van der Waals surface area contributed by atoms with Gasteiger partial charge in [-0.25, -0.2) is 10.2 Å². The first kappa shape index (κ1) is 22.2. The highest BCUT2D eigenvalue weighted by Gasteiger charge is 2.11. The highest BCUT2D eigenvalue weighted by Crippen LogP contribution is 2.16. The average Bonchev–Trinajstić information content (AvgIpc) is 2.80. The molecule has 3 aromatic carbocycles. The van der Waals surface area contributed by atoms with Gasteiger partial charge in [-0.3, -0.25) is 14.9 Å². The van der Waals surface area contributed by atoms with E-state index in [1.54, 1.807) is 24.3 Å². The lowest BCUT2D eigenvalue weighted by atomic mass is 10.2. The van der Waals surface area contributed by atoms with Crippen molar-refractivity contribution in [2.24, 2.45) is 5.10 Å². The van der Waals surface area contributed by atoms with Crippen LogP contribution in [0.3, 0.4) is 0 Å². The Balaban J connectivity index is 1.46. The van der Waals surface area contributed by atoms with Gasteiger partial charge in [0.05, 0.1) is 23.2 Å². The number of anilines is 1. The van der Waals surface area contributed by atoms with Crippen molar-refractivity contribution in [1.29, 1.82) is 0 Å². The Labute approximate surface area is 183 Å². The smallest absolute Gasteiger partial charge is 0.343 e. The van der Waals surface area contributed by atoms with E-state index in [0.717, 1.165) is 11.3 Å². The lowest BCUT2D eigenvalue weighted by molar-refractivity contribution is -0.384. The molecule has 0 aliphatic rings. The molecule has 3 aromatic rings. The third-order valence-corrected chi connectivity index (χ3v) is 4.31. The molecule has 0 unspecified atom stereocenters. The number of nitro benzene ring substituents is 1. The van der Waals surface area contributed by atoms with Gasteiger partial charge in [0.1, 0.15) is 5.75 Å². The van der Waals surface area contributed by atoms with Gasteiger partial charge >= 0.3 is 5.97 Å². The van der Waals surface area contributed by atoms with Crippen molar-refractivity contribution in [2.75, 3.05) is 11.9 Å². The molecule has 0 radical (unpaired) electrons. The monoisotopic (exact) mass is 432 g/mol. The zero-order valence-corrected chi connectivity index (χ0v) is 17.1. The van der Waals surface area contributed by atoms with E-state index in [9.17, 15) is 19.7 Å². The van der Waals surface area contributed by atoms with Crippen LogP contribution in [0.15, 0.2) is 77.9 Å². The highest BCUT2D eigenvalue weighted by molar-refractivity contribution is 5.91. The van der Waals surface area contributed by atoms with Gasteiger partial charge < -0.3 is 10.1 Å². The van der Waals surface area contributed by atoms with Gasteiger partial charge in [-0.15, -0.1) is 0 Å². The second-order valence-corrected chi connectivity index (χ2v) is 6.78. The Morgan fingerprint density at radius 3 is 2.28 bits per heavy atom. The highest BCUT2D eigenvalue weighted by atomic mass is 16.6. The lowest BCUT2D eigenvalue weighted by Gasteiger charge is -2.05. The average molecular weight is 432 g/mol. The van der Waals surface area contributed by atoms with Crippen molar-refractivity contribution < 1.29 is 19.2 Å². The predicted octanol–water partition coefficient (Wildman–Crippen LogP) is 3.68. The number of ether oxygens (including phenoxy) is 1. The third-order valence-electron chi connectivity index (χ3n) is 4.31. The van der Waals surface area contributed by atoms with E-state index in [1.807, 2.05) is 31.2 Å². The Morgan fingerprint density at radius 1 is 1.00 bits per heavy atom. The fourth-order valence-electron chi connectivity index (χ4n) is 2.58. The summed E-state index contributed by atoms with van der Waals surface area (Å²) in [4.78, 5) is 34.1. The predicted molar refractivity (Wildman–Crippen MR) is 120 cm³/mol. The number of rotatable bonds is 8. The summed E-state index contributed by atoms with van der Waals surface area (Å²) in [6, 6.07) is 19.3. The van der Waals surface area contributed by atoms with Gasteiger partial charge in [0.2, 0.25) is 0 Å². The number of nitro groups is 1. The standard InChI is InChI=1S/C23H20N4O5/c1-16-2-8-19(9-3-16)24-15-22(28)26-25-14-17-4-12-21(13-5-17)32-23(29)18-6-10-20(11-7-18)27(30)31/h2-14,24H,15H2,1H3,(H,26,28). The lowest BCUT2D eigenvalue weighted by Crippen LogP contribution is -2.25. The fourth-order valence-corrected chi connectivity index (χ4v) is 2.58. The van der Waals surface area contributed by atoms with Crippen molar-refractivity contribution in [1.82, 2.24) is 5.43 Å². The normalized spacial score (nSPS) is 10.5. The largest absolute Gasteiger partial charge is 0.423 e. The van der Waals surface area contributed by atoms with Gasteiger partial charge in [0, 0.05) is 17.8 Å². The number of hydrogen-bond donors (Lipinski definition) is 2. The van der Waals surface area contributed by atoms with E-state index in [-0.39, 0.29) is 23.7 Å². The first-order valence-corrected chi connectivity index (χ1v) is 9.60. The van der Waals surface area contributed by atoms with Gasteiger partial charge in [-0.05, 0) is 61.0 Å². The van der Waals surface area contributed by atoms with Gasteiger partial charge in [-0.1, -0.05) is 17.7 Å². The zero-order chi connectivity index (χ0) is 22.9. The zero-order valence-electron chi connectivity index (χ0n) is 17.1. The summed E-state index contributed by atoms with van der Waals surface area (Å²) in [5, 5.41) is 17.6. The number of benzene rings is 3. The molecule has 162 valence electrons. The molecule has 0 aliphatic heterocycles. The van der Waals surface area contributed by atoms with Gasteiger partial charge in [0.15, 0.2) is 0 Å². The molecule has 2 N–H and O–H groups in total. The van der Waals surface area contributed by atoms with Crippen LogP contribution in [-0.4, -0.2) is 29.6 Å². The van der Waals surface area contributed by atoms with E-state index in [4.69, 9.17) is 4.74 Å². The van der Waals surface area contributed by atoms with E-state index in [1.165, 1.54) is 30.5 Å². The van der Waals surface area contributed by atoms with Crippen LogP contribution in [0.25, 0.3) is 0 Å². The third kappa shape index (κ3) is 6.49. The van der Waals surface area contributed by atoms with Crippen LogP contribution in [0.5, 0.6) is 5.75 Å². The van der Waals surface area contributed by atoms with E-state index >= 15 is 0 Å². The number of carbonyl (C=O) groups excluding carboxylic acids is 2. The SMILES string of the molecule is Cc1ccc(NCC(=O)NN=Cc2ccc(OC(=O)c3ccc([N+](=O)[O-])cc3)cc2)cc1. The molecule has 1 amide bonds. The minimum absolute atomic E-state index is 0.0813. The summed E-state index contributed by atoms with van der Waals surface area (Å²) in [5.41, 5.74) is 5.18. The van der Waals surface area contributed by atoms with Crippen molar-refractivity contribution in [2.45, 2.75) is 6.92 Å². The Hall–Kier alpha value is -4.53. The van der Waals surface area contributed by atoms with Crippen LogP contribution in [0.1, 0.15) is 21.5 Å². The summed E-state index contributed by atoms with van der Waals surface area (Å²) in [5.74, 6) is -0.623. The number of nitrogens with one attached hydrogen (secondary N) is 2. The van der Waals surface area contributed by atoms with Crippen molar-refractivity contribution in [3.05, 3.63) is 99.6 Å². The van der Waals surface area contributed by atoms with Crippen LogP contribution in [0.4, 0.5) is 11.4 Å². The van der Waals surface area contributed by atoms with Crippen LogP contribution in [0.2, 0.25) is 0 Å². The van der Waals surface area contributed by atoms with E-state index in [2.05, 4.69) is 15.8 Å². The molecule has 9 nitrogen and oxygen atoms in total. The Morgan fingerprint density at radius 2 is 1.66 bits per heavy atom. The number of amides is 1. The Kier molecular flexibility index (Phi) is 7.26. The van der Waals surface area contributed by atoms with Gasteiger partial charge in [-0.2, -0.15) is 5.10 Å². The molecule has 32 heavy (non-hydrogen) atoms. The maximum absolute atomic E-state index is 12.1. The minimum Gasteiger partial charge on any atom is -0.423 e. The topological polar surface area (TPSA) is 123 Å². The summed E-state index contributed by atoms with van der Waals surface area (Å²) >= 11 is 0. The summed E-state index contributed by atoms with van der Waals surface area (Å²) < 4.78 is 5.25. The molecule has 3 rings (SSSR count). The molecule has 0 aliphatic carbocycles. The summed E-state index contributed by atoms with van der Waals surface area (Å²) in [6.45, 7) is 2.07. The van der Waals surface area contributed by atoms with Crippen LogP contribution in [-0.2, 0) is 4.79 Å². The van der Waals surface area contributed by atoms with Crippen LogP contribution >= 0.6 is 0 Å². The molecule has 0 atom stereocenters. The molecular weight excluding hydrogens is 412 g/mol. The first-order valence-electron chi connectivity index (χ1n) is 9.60. The van der Waals surface area contributed by atoms with Crippen LogP contribution < -0.4 is 15.5 Å². The van der Waals surface area contributed by atoms with E-state index < -0.39 is 10.9 Å². The summed E-state index contributed by atoms with van der Waals surface area (Å²) in [7, 11) is 0. The molecule has 0 heterocycles. The number of esters is 1. The van der Waals surface area contributed by atoms with Crippen molar-refractivity contribution in [3.63, 3.8) is 0 Å². The number of hydrazone groups is 1. The molecule has 0 saturated carbocycles. The minimum atomic E-state index is -0.630. The van der Waals surface area contributed by atoms with E-state index in [0.29, 0.717) is 11.3 Å². The van der Waals surface area contributed by atoms with Crippen molar-refractivity contribution in [3.8, 4) is 5.75 Å². The second-order valence-electron chi connectivity index (χ2n) is 6.78. The number of nitrogens with zero attached hydrogens (tertiary/aromatic N) is 2. The van der Waals surface area contributed by atoms with Crippen LogP contribution in [0, 0.1) is 17.0 Å². The second kappa shape index (κ2) is 10.5. The number of carbonyl (C=O) groups is 2. The quantitative estimate of drug-likeness (QED) is 0.184. The number of hydrogen-bond acceptors (Lipinski definition) is 7. The van der Waals surface area contributed by atoms with Gasteiger partial charge in [0.25, 0.3) is 11.6 Å². The molecule has 0 fully saturated rings. The maximum atomic E-state index is 12.1.